The molecule has 162 valence electrons. The third-order valence-electron chi connectivity index (χ3n) is 5.99. The number of ether oxygens (including phenoxy) is 3. The number of methoxy groups -OCH3 is 1. The van der Waals surface area contributed by atoms with Crippen LogP contribution in [-0.2, 0) is 6.54 Å². The maximum absolute atomic E-state index is 12.5. The molecule has 2 aromatic carbocycles. The van der Waals surface area contributed by atoms with Crippen LogP contribution in [0.5, 0.6) is 17.2 Å². The second-order valence-electron chi connectivity index (χ2n) is 8.22. The molecule has 0 radical (unpaired) electrons. The average molecular weight is 421 g/mol. The summed E-state index contributed by atoms with van der Waals surface area (Å²) in [5.74, 6) is 4.43. The fourth-order valence-corrected chi connectivity index (χ4v) is 4.22. The normalized spacial score (nSPS) is 17.6. The Morgan fingerprint density at radius 3 is 2.74 bits per heavy atom. The number of terminal acetylenes is 1. The summed E-state index contributed by atoms with van der Waals surface area (Å²) in [6.45, 7) is 5.30. The van der Waals surface area contributed by atoms with Crippen molar-refractivity contribution in [2.24, 2.45) is 0 Å². The Morgan fingerprint density at radius 2 is 2.00 bits per heavy atom. The second-order valence-corrected chi connectivity index (χ2v) is 8.22. The number of nitrogens with one attached hydrogen (secondary N) is 1. The summed E-state index contributed by atoms with van der Waals surface area (Å²) in [7, 11) is 1.63. The molecule has 1 saturated heterocycles. The van der Waals surface area contributed by atoms with E-state index in [4.69, 9.17) is 20.6 Å². The quantitative estimate of drug-likeness (QED) is 0.753. The largest absolute Gasteiger partial charge is 0.493 e. The van der Waals surface area contributed by atoms with Crippen molar-refractivity contribution in [1.29, 1.82) is 0 Å². The Bertz CT molecular complexity index is 1000. The number of nitrogens with zero attached hydrogens (tertiary/aromatic N) is 1. The zero-order valence-corrected chi connectivity index (χ0v) is 18.1. The van der Waals surface area contributed by atoms with Crippen LogP contribution in [0.4, 0.5) is 0 Å². The van der Waals surface area contributed by atoms with E-state index in [0.29, 0.717) is 29.4 Å². The highest BCUT2D eigenvalue weighted by molar-refractivity contribution is 5.97. The Morgan fingerprint density at radius 1 is 1.19 bits per heavy atom. The third-order valence-corrected chi connectivity index (χ3v) is 5.99. The van der Waals surface area contributed by atoms with Gasteiger partial charge >= 0.3 is 0 Å². The van der Waals surface area contributed by atoms with Gasteiger partial charge in [0.15, 0.2) is 11.5 Å². The van der Waals surface area contributed by atoms with E-state index >= 15 is 0 Å². The van der Waals surface area contributed by atoms with Gasteiger partial charge in [-0.25, -0.2) is 0 Å². The first-order valence-electron chi connectivity index (χ1n) is 10.6. The minimum atomic E-state index is -0.364. The van der Waals surface area contributed by atoms with Gasteiger partial charge in [-0.3, -0.25) is 9.69 Å². The molecular formula is C25H28N2O4. The van der Waals surface area contributed by atoms with Gasteiger partial charge in [-0.2, -0.15) is 0 Å². The number of amides is 1. The van der Waals surface area contributed by atoms with Crippen LogP contribution in [-0.4, -0.2) is 49.8 Å². The van der Waals surface area contributed by atoms with Gasteiger partial charge in [0.2, 0.25) is 0 Å². The van der Waals surface area contributed by atoms with Gasteiger partial charge in [0.25, 0.3) is 5.91 Å². The van der Waals surface area contributed by atoms with E-state index in [9.17, 15) is 4.79 Å². The Labute approximate surface area is 183 Å². The SMILES string of the molecule is C#CCOc1ccc(CN2CCC3(CC2)CNC(=O)c2cc(C)ccc2O3)cc1OC. The molecule has 0 saturated carbocycles. The Hall–Kier alpha value is -3.17. The summed E-state index contributed by atoms with van der Waals surface area (Å²) in [5.41, 5.74) is 2.46. The summed E-state index contributed by atoms with van der Waals surface area (Å²) in [4.78, 5) is 14.9. The van der Waals surface area contributed by atoms with Crippen molar-refractivity contribution in [1.82, 2.24) is 10.2 Å². The summed E-state index contributed by atoms with van der Waals surface area (Å²) in [6, 6.07) is 11.7. The predicted molar refractivity (Wildman–Crippen MR) is 119 cm³/mol. The molecule has 2 aromatic rings. The minimum absolute atomic E-state index is 0.0581. The highest BCUT2D eigenvalue weighted by Crippen LogP contribution is 2.34. The van der Waals surface area contributed by atoms with E-state index in [0.717, 1.165) is 43.6 Å². The van der Waals surface area contributed by atoms with Crippen LogP contribution >= 0.6 is 0 Å². The molecule has 0 bridgehead atoms. The Kier molecular flexibility index (Phi) is 6.06. The maximum Gasteiger partial charge on any atom is 0.255 e. The van der Waals surface area contributed by atoms with Crippen LogP contribution < -0.4 is 19.5 Å². The molecule has 2 heterocycles. The van der Waals surface area contributed by atoms with E-state index < -0.39 is 0 Å². The Balaban J connectivity index is 1.41. The van der Waals surface area contributed by atoms with Gasteiger partial charge in [-0.1, -0.05) is 23.6 Å². The number of hydrogen-bond donors (Lipinski definition) is 1. The maximum atomic E-state index is 12.5. The first-order valence-corrected chi connectivity index (χ1v) is 10.6. The van der Waals surface area contributed by atoms with Crippen molar-refractivity contribution >= 4 is 5.91 Å². The highest BCUT2D eigenvalue weighted by atomic mass is 16.5. The molecule has 0 unspecified atom stereocenters. The molecule has 31 heavy (non-hydrogen) atoms. The molecule has 2 aliphatic rings. The molecule has 6 nitrogen and oxygen atoms in total. The lowest BCUT2D eigenvalue weighted by molar-refractivity contribution is 0.00392. The predicted octanol–water partition coefficient (Wildman–Crippen LogP) is 3.17. The van der Waals surface area contributed by atoms with Gasteiger partial charge in [-0.05, 0) is 36.8 Å². The summed E-state index contributed by atoms with van der Waals surface area (Å²) < 4.78 is 17.4. The van der Waals surface area contributed by atoms with E-state index in [-0.39, 0.29) is 18.1 Å². The van der Waals surface area contributed by atoms with Gasteiger partial charge in [0.05, 0.1) is 19.2 Å². The van der Waals surface area contributed by atoms with Crippen molar-refractivity contribution in [2.45, 2.75) is 31.9 Å². The van der Waals surface area contributed by atoms with E-state index in [1.807, 2.05) is 43.3 Å². The van der Waals surface area contributed by atoms with Crippen LogP contribution in [0.3, 0.4) is 0 Å². The van der Waals surface area contributed by atoms with Crippen molar-refractivity contribution in [2.75, 3.05) is 33.4 Å². The van der Waals surface area contributed by atoms with Gasteiger partial charge in [0.1, 0.15) is 18.0 Å². The van der Waals surface area contributed by atoms with E-state index in [2.05, 4.69) is 16.1 Å². The highest BCUT2D eigenvalue weighted by Gasteiger charge is 2.40. The fraction of sp³-hybridized carbons (Fsp3) is 0.400. The first-order chi connectivity index (χ1) is 15.0. The standard InChI is InChI=1S/C25H28N2O4/c1-4-13-30-22-8-6-19(15-23(22)29-3)16-27-11-9-25(10-12-27)17-26-24(28)20-14-18(2)5-7-21(20)31-25/h1,5-8,14-15H,9-13,16-17H2,2-3H3,(H,26,28). The number of piperidine rings is 1. The molecular weight excluding hydrogens is 392 g/mol. The third kappa shape index (κ3) is 4.62. The number of likely N-dealkylation sites (tertiary alicyclic amines) is 1. The molecule has 1 spiro atoms. The molecule has 2 aliphatic heterocycles. The number of carbonyl (C=O) groups excluding carboxylic acids is 1. The van der Waals surface area contributed by atoms with Gasteiger partial charge in [-0.15, -0.1) is 6.42 Å². The molecule has 6 heteroatoms. The number of aryl methyl sites for hydroxylation is 1. The smallest absolute Gasteiger partial charge is 0.255 e. The van der Waals surface area contributed by atoms with Crippen LogP contribution in [0, 0.1) is 19.3 Å². The van der Waals surface area contributed by atoms with Gasteiger partial charge in [0, 0.05) is 32.5 Å². The lowest BCUT2D eigenvalue weighted by Gasteiger charge is -2.41. The number of carbonyl (C=O) groups is 1. The number of hydrogen-bond acceptors (Lipinski definition) is 5. The number of benzene rings is 2. The van der Waals surface area contributed by atoms with Crippen molar-refractivity contribution < 1.29 is 19.0 Å². The topological polar surface area (TPSA) is 60.0 Å². The molecule has 1 fully saturated rings. The zero-order chi connectivity index (χ0) is 21.8. The minimum Gasteiger partial charge on any atom is -0.493 e. The number of rotatable bonds is 5. The molecule has 4 rings (SSSR count). The summed E-state index contributed by atoms with van der Waals surface area (Å²) in [5, 5.41) is 3.06. The van der Waals surface area contributed by atoms with E-state index in [1.54, 1.807) is 7.11 Å². The van der Waals surface area contributed by atoms with Crippen LogP contribution in [0.25, 0.3) is 0 Å². The summed E-state index contributed by atoms with van der Waals surface area (Å²) in [6.07, 6.45) is 6.97. The van der Waals surface area contributed by atoms with Crippen LogP contribution in [0.15, 0.2) is 36.4 Å². The molecule has 0 atom stereocenters. The van der Waals surface area contributed by atoms with Crippen molar-refractivity contribution in [3.63, 3.8) is 0 Å². The van der Waals surface area contributed by atoms with Crippen LogP contribution in [0.2, 0.25) is 0 Å². The van der Waals surface area contributed by atoms with E-state index in [1.165, 1.54) is 0 Å². The average Bonchev–Trinajstić information content (AvgIpc) is 2.91. The lowest BCUT2D eigenvalue weighted by Crippen LogP contribution is -2.52. The molecule has 1 N–H and O–H groups in total. The zero-order valence-electron chi connectivity index (χ0n) is 18.1. The fourth-order valence-electron chi connectivity index (χ4n) is 4.22. The van der Waals surface area contributed by atoms with Crippen molar-refractivity contribution in [3.8, 4) is 29.6 Å². The molecule has 1 amide bonds. The monoisotopic (exact) mass is 420 g/mol. The first kappa shape index (κ1) is 21.1. The summed E-state index contributed by atoms with van der Waals surface area (Å²) >= 11 is 0. The lowest BCUT2D eigenvalue weighted by atomic mass is 9.90. The second kappa shape index (κ2) is 8.91. The number of fused-ring (bicyclic) bond motifs is 1. The van der Waals surface area contributed by atoms with Gasteiger partial charge < -0.3 is 19.5 Å². The van der Waals surface area contributed by atoms with Crippen molar-refractivity contribution in [3.05, 3.63) is 53.1 Å². The molecule has 0 aromatic heterocycles. The van der Waals surface area contributed by atoms with Crippen LogP contribution in [0.1, 0.15) is 34.3 Å². The molecule has 0 aliphatic carbocycles.